The number of fused-ring (bicyclic) bond motifs is 1. The van der Waals surface area contributed by atoms with Crippen LogP contribution in [0.25, 0.3) is 0 Å². The maximum atomic E-state index is 12.5. The average Bonchev–Trinajstić information content (AvgIpc) is 2.98. The molecule has 6 heteroatoms. The number of H-pyrrole nitrogens is 1. The van der Waals surface area contributed by atoms with Crippen molar-refractivity contribution < 1.29 is 9.90 Å². The van der Waals surface area contributed by atoms with Gasteiger partial charge in [0, 0.05) is 16.8 Å². The molecule has 0 saturated heterocycles. The molecule has 1 aromatic carbocycles. The first-order chi connectivity index (χ1) is 12.3. The van der Waals surface area contributed by atoms with Gasteiger partial charge in [-0.25, -0.2) is 5.43 Å². The van der Waals surface area contributed by atoms with Crippen molar-refractivity contribution in [2.75, 3.05) is 0 Å². The molecule has 0 bridgehead atoms. The van der Waals surface area contributed by atoms with Gasteiger partial charge >= 0.3 is 0 Å². The van der Waals surface area contributed by atoms with Crippen molar-refractivity contribution in [2.24, 2.45) is 16.4 Å². The van der Waals surface area contributed by atoms with E-state index in [2.05, 4.69) is 41.5 Å². The maximum absolute atomic E-state index is 12.5. The van der Waals surface area contributed by atoms with E-state index < -0.39 is 0 Å². The number of aromatic hydroxyl groups is 1. The SMILES string of the molecule is CC(C)(C)CC1CCc2[nH]nc(C(=O)NN=Cc3ccccc3O)c2C1. The van der Waals surface area contributed by atoms with Crippen molar-refractivity contribution in [3.8, 4) is 5.75 Å². The van der Waals surface area contributed by atoms with Crippen LogP contribution in [0.2, 0.25) is 0 Å². The van der Waals surface area contributed by atoms with Crippen molar-refractivity contribution in [1.82, 2.24) is 15.6 Å². The van der Waals surface area contributed by atoms with E-state index in [0.717, 1.165) is 36.9 Å². The Balaban J connectivity index is 1.68. The number of hydrogen-bond donors (Lipinski definition) is 3. The summed E-state index contributed by atoms with van der Waals surface area (Å²) in [5.41, 5.74) is 5.83. The van der Waals surface area contributed by atoms with Crippen LogP contribution in [-0.2, 0) is 12.8 Å². The molecule has 1 unspecified atom stereocenters. The number of rotatable bonds is 4. The molecular formula is C20H26N4O2. The van der Waals surface area contributed by atoms with E-state index in [1.54, 1.807) is 24.3 Å². The van der Waals surface area contributed by atoms with E-state index in [1.165, 1.54) is 6.21 Å². The molecule has 1 amide bonds. The largest absolute Gasteiger partial charge is 0.507 e. The summed E-state index contributed by atoms with van der Waals surface area (Å²) >= 11 is 0. The second-order valence-corrected chi connectivity index (χ2v) is 8.16. The molecule has 1 heterocycles. The van der Waals surface area contributed by atoms with Crippen LogP contribution in [0, 0.1) is 11.3 Å². The van der Waals surface area contributed by atoms with Gasteiger partial charge in [0.1, 0.15) is 5.75 Å². The number of nitrogens with zero attached hydrogens (tertiary/aromatic N) is 2. The Kier molecular flexibility index (Phi) is 5.11. The minimum Gasteiger partial charge on any atom is -0.507 e. The Labute approximate surface area is 153 Å². The third-order valence-electron chi connectivity index (χ3n) is 4.67. The molecule has 0 fully saturated rings. The molecule has 0 spiro atoms. The van der Waals surface area contributed by atoms with Crippen molar-refractivity contribution in [3.05, 3.63) is 46.8 Å². The molecule has 1 atom stereocenters. The molecule has 0 saturated carbocycles. The standard InChI is InChI=1S/C20H26N4O2/c1-20(2,3)11-13-8-9-16-15(10-13)18(23-22-16)19(26)24-21-12-14-6-4-5-7-17(14)25/h4-7,12-13,25H,8-11H2,1-3H3,(H,22,23)(H,24,26). The lowest BCUT2D eigenvalue weighted by Gasteiger charge is -2.28. The molecule has 26 heavy (non-hydrogen) atoms. The summed E-state index contributed by atoms with van der Waals surface area (Å²) < 4.78 is 0. The lowest BCUT2D eigenvalue weighted by Crippen LogP contribution is -2.24. The molecule has 1 aliphatic carbocycles. The van der Waals surface area contributed by atoms with Gasteiger partial charge in [-0.1, -0.05) is 32.9 Å². The van der Waals surface area contributed by atoms with Gasteiger partial charge in [-0.2, -0.15) is 10.2 Å². The van der Waals surface area contributed by atoms with E-state index in [-0.39, 0.29) is 17.1 Å². The highest BCUT2D eigenvalue weighted by atomic mass is 16.3. The Morgan fingerprint density at radius 2 is 2.19 bits per heavy atom. The minimum absolute atomic E-state index is 0.118. The number of benzene rings is 1. The summed E-state index contributed by atoms with van der Waals surface area (Å²) in [6, 6.07) is 6.82. The van der Waals surface area contributed by atoms with E-state index in [9.17, 15) is 9.90 Å². The Hall–Kier alpha value is -2.63. The normalized spacial score (nSPS) is 17.3. The van der Waals surface area contributed by atoms with Crippen LogP contribution >= 0.6 is 0 Å². The number of hydrazone groups is 1. The Bertz CT molecular complexity index is 817. The number of aromatic amines is 1. The average molecular weight is 354 g/mol. The van der Waals surface area contributed by atoms with Crippen LogP contribution in [0.3, 0.4) is 0 Å². The van der Waals surface area contributed by atoms with Crippen molar-refractivity contribution in [1.29, 1.82) is 0 Å². The third-order valence-corrected chi connectivity index (χ3v) is 4.67. The molecule has 1 aromatic heterocycles. The number of phenols is 1. The first kappa shape index (κ1) is 18.2. The van der Waals surface area contributed by atoms with Crippen molar-refractivity contribution in [2.45, 2.75) is 46.5 Å². The quantitative estimate of drug-likeness (QED) is 0.580. The van der Waals surface area contributed by atoms with Crippen molar-refractivity contribution in [3.63, 3.8) is 0 Å². The fraction of sp³-hybridized carbons (Fsp3) is 0.450. The molecule has 0 aliphatic heterocycles. The van der Waals surface area contributed by atoms with E-state index >= 15 is 0 Å². The number of aromatic nitrogens is 2. The second kappa shape index (κ2) is 7.32. The lowest BCUT2D eigenvalue weighted by molar-refractivity contribution is 0.0948. The number of carbonyl (C=O) groups excluding carboxylic acids is 1. The van der Waals surface area contributed by atoms with Crippen LogP contribution in [0.5, 0.6) is 5.75 Å². The zero-order valence-corrected chi connectivity index (χ0v) is 15.5. The van der Waals surface area contributed by atoms with E-state index in [0.29, 0.717) is 17.2 Å². The van der Waals surface area contributed by atoms with Gasteiger partial charge in [0.05, 0.1) is 6.21 Å². The predicted octanol–water partition coefficient (Wildman–Crippen LogP) is 3.42. The van der Waals surface area contributed by atoms with Crippen molar-refractivity contribution >= 4 is 12.1 Å². The molecule has 3 rings (SSSR count). The summed E-state index contributed by atoms with van der Waals surface area (Å²) in [6.07, 6.45) is 5.48. The number of nitrogens with one attached hydrogen (secondary N) is 2. The van der Waals surface area contributed by atoms with E-state index in [1.807, 2.05) is 0 Å². The van der Waals surface area contributed by atoms with Gasteiger partial charge in [-0.05, 0) is 49.1 Å². The number of aryl methyl sites for hydroxylation is 1. The summed E-state index contributed by atoms with van der Waals surface area (Å²) in [6.45, 7) is 6.75. The highest BCUT2D eigenvalue weighted by Gasteiger charge is 2.28. The number of phenolic OH excluding ortho intramolecular Hbond substituents is 1. The summed E-state index contributed by atoms with van der Waals surface area (Å²) in [7, 11) is 0. The molecule has 6 nitrogen and oxygen atoms in total. The van der Waals surface area contributed by atoms with Gasteiger partial charge in [-0.15, -0.1) is 0 Å². The first-order valence-corrected chi connectivity index (χ1v) is 9.01. The number of para-hydroxylation sites is 1. The zero-order valence-electron chi connectivity index (χ0n) is 15.5. The smallest absolute Gasteiger partial charge is 0.292 e. The van der Waals surface area contributed by atoms with Gasteiger partial charge in [0.25, 0.3) is 5.91 Å². The molecule has 2 aromatic rings. The number of amides is 1. The predicted molar refractivity (Wildman–Crippen MR) is 101 cm³/mol. The lowest BCUT2D eigenvalue weighted by atomic mass is 9.76. The van der Waals surface area contributed by atoms with Gasteiger partial charge < -0.3 is 5.11 Å². The summed E-state index contributed by atoms with van der Waals surface area (Å²) in [4.78, 5) is 12.5. The summed E-state index contributed by atoms with van der Waals surface area (Å²) in [5.74, 6) is 0.356. The molecular weight excluding hydrogens is 328 g/mol. The third kappa shape index (κ3) is 4.31. The van der Waals surface area contributed by atoms with Gasteiger partial charge in [-0.3, -0.25) is 9.89 Å². The van der Waals surface area contributed by atoms with Gasteiger partial charge in [0.15, 0.2) is 5.69 Å². The highest BCUT2D eigenvalue weighted by molar-refractivity contribution is 5.95. The number of carbonyl (C=O) groups is 1. The zero-order chi connectivity index (χ0) is 18.7. The fourth-order valence-corrected chi connectivity index (χ4v) is 3.61. The van der Waals surface area contributed by atoms with Crippen LogP contribution in [0.15, 0.2) is 29.4 Å². The number of hydrogen-bond acceptors (Lipinski definition) is 4. The molecule has 3 N–H and O–H groups in total. The summed E-state index contributed by atoms with van der Waals surface area (Å²) in [5, 5.41) is 20.9. The van der Waals surface area contributed by atoms with Crippen LogP contribution in [0.4, 0.5) is 0 Å². The Morgan fingerprint density at radius 3 is 2.92 bits per heavy atom. The van der Waals surface area contributed by atoms with Crippen LogP contribution in [0.1, 0.15) is 60.9 Å². The second-order valence-electron chi connectivity index (χ2n) is 8.16. The van der Waals surface area contributed by atoms with Crippen LogP contribution < -0.4 is 5.43 Å². The topological polar surface area (TPSA) is 90.4 Å². The van der Waals surface area contributed by atoms with E-state index in [4.69, 9.17) is 0 Å². The molecule has 0 radical (unpaired) electrons. The molecule has 138 valence electrons. The minimum atomic E-state index is -0.328. The molecule has 1 aliphatic rings. The van der Waals surface area contributed by atoms with Gasteiger partial charge in [0.2, 0.25) is 0 Å². The fourth-order valence-electron chi connectivity index (χ4n) is 3.61. The highest BCUT2D eigenvalue weighted by Crippen LogP contribution is 2.34. The Morgan fingerprint density at radius 1 is 1.42 bits per heavy atom. The van der Waals surface area contributed by atoms with Crippen LogP contribution in [-0.4, -0.2) is 27.4 Å². The first-order valence-electron chi connectivity index (χ1n) is 9.01. The maximum Gasteiger partial charge on any atom is 0.292 e. The monoisotopic (exact) mass is 354 g/mol.